The van der Waals surface area contributed by atoms with Crippen molar-refractivity contribution in [3.8, 4) is 0 Å². The van der Waals surface area contributed by atoms with Crippen LogP contribution in [0.5, 0.6) is 0 Å². The second kappa shape index (κ2) is 12.1. The van der Waals surface area contributed by atoms with E-state index >= 15 is 0 Å². The Kier molecular flexibility index (Phi) is 8.90. The van der Waals surface area contributed by atoms with Gasteiger partial charge in [-0.15, -0.1) is 0 Å². The van der Waals surface area contributed by atoms with Crippen LogP contribution in [0.15, 0.2) is 77.7 Å². The van der Waals surface area contributed by atoms with E-state index in [2.05, 4.69) is 22.3 Å². The second-order valence-electron chi connectivity index (χ2n) is 8.89. The fourth-order valence-electron chi connectivity index (χ4n) is 4.32. The Morgan fingerprint density at radius 2 is 1.53 bits per heavy atom. The number of piperidine rings is 1. The molecular weight excluding hydrogens is 517 g/mol. The van der Waals surface area contributed by atoms with Gasteiger partial charge in [-0.1, -0.05) is 72.1 Å². The molecule has 6 nitrogen and oxygen atoms in total. The van der Waals surface area contributed by atoms with Crippen LogP contribution in [0, 0.1) is 0 Å². The molecule has 1 amide bonds. The zero-order valence-corrected chi connectivity index (χ0v) is 22.2. The summed E-state index contributed by atoms with van der Waals surface area (Å²) in [5, 5.41) is 3.41. The molecule has 0 aromatic heterocycles. The van der Waals surface area contributed by atoms with Gasteiger partial charge < -0.3 is 5.32 Å². The Balaban J connectivity index is 1.48. The number of nitrogens with zero attached hydrogens (tertiary/aromatic N) is 2. The molecule has 3 aromatic carbocycles. The third kappa shape index (κ3) is 7.01. The maximum Gasteiger partial charge on any atom is 0.264 e. The summed E-state index contributed by atoms with van der Waals surface area (Å²) in [5.41, 5.74) is 2.38. The van der Waals surface area contributed by atoms with Gasteiger partial charge in [0.15, 0.2) is 0 Å². The zero-order valence-electron chi connectivity index (χ0n) is 19.9. The summed E-state index contributed by atoms with van der Waals surface area (Å²) in [6, 6.07) is 20.6. The molecule has 4 rings (SSSR count). The van der Waals surface area contributed by atoms with Crippen LogP contribution < -0.4 is 9.62 Å². The number of sulfonamides is 1. The van der Waals surface area contributed by atoms with Crippen LogP contribution in [0.1, 0.15) is 30.4 Å². The number of benzene rings is 3. The maximum absolute atomic E-state index is 13.5. The molecule has 0 atom stereocenters. The van der Waals surface area contributed by atoms with Crippen molar-refractivity contribution < 1.29 is 13.2 Å². The summed E-state index contributed by atoms with van der Waals surface area (Å²) in [6.45, 7) is 2.99. The van der Waals surface area contributed by atoms with Crippen molar-refractivity contribution in [1.82, 2.24) is 10.2 Å². The van der Waals surface area contributed by atoms with Gasteiger partial charge in [0.2, 0.25) is 5.91 Å². The van der Waals surface area contributed by atoms with E-state index in [0.717, 1.165) is 29.5 Å². The number of rotatable bonds is 9. The number of halogens is 2. The van der Waals surface area contributed by atoms with Gasteiger partial charge in [-0.3, -0.25) is 14.0 Å². The average Bonchev–Trinajstić information content (AvgIpc) is 2.87. The van der Waals surface area contributed by atoms with Crippen LogP contribution in [0.4, 0.5) is 5.69 Å². The monoisotopic (exact) mass is 545 g/mol. The molecule has 0 aliphatic carbocycles. The first-order valence-corrected chi connectivity index (χ1v) is 14.1. The number of carbonyl (C=O) groups excluding carboxylic acids is 1. The van der Waals surface area contributed by atoms with E-state index in [9.17, 15) is 13.2 Å². The third-order valence-electron chi connectivity index (χ3n) is 6.09. The molecule has 0 spiro atoms. The first-order chi connectivity index (χ1) is 17.3. The van der Waals surface area contributed by atoms with Gasteiger partial charge in [0.05, 0.1) is 10.6 Å². The largest absolute Gasteiger partial charge is 0.350 e. The number of carbonyl (C=O) groups is 1. The van der Waals surface area contributed by atoms with Crippen molar-refractivity contribution in [3.63, 3.8) is 0 Å². The smallest absolute Gasteiger partial charge is 0.264 e. The van der Waals surface area contributed by atoms with Crippen molar-refractivity contribution in [2.45, 2.75) is 37.2 Å². The predicted octanol–water partition coefficient (Wildman–Crippen LogP) is 5.49. The van der Waals surface area contributed by atoms with Gasteiger partial charge in [-0.25, -0.2) is 8.42 Å². The molecule has 1 heterocycles. The van der Waals surface area contributed by atoms with Crippen LogP contribution in [0.25, 0.3) is 0 Å². The number of anilines is 1. The molecule has 9 heteroatoms. The topological polar surface area (TPSA) is 69.7 Å². The molecule has 0 saturated carbocycles. The van der Waals surface area contributed by atoms with E-state index in [4.69, 9.17) is 23.2 Å². The summed E-state index contributed by atoms with van der Waals surface area (Å²) in [4.78, 5) is 15.5. The van der Waals surface area contributed by atoms with Crippen molar-refractivity contribution in [3.05, 3.63) is 94.0 Å². The second-order valence-corrected chi connectivity index (χ2v) is 11.6. The quantitative estimate of drug-likeness (QED) is 0.386. The van der Waals surface area contributed by atoms with Gasteiger partial charge in [-0.05, 0) is 67.4 Å². The van der Waals surface area contributed by atoms with E-state index in [1.807, 2.05) is 12.1 Å². The lowest BCUT2D eigenvalue weighted by Gasteiger charge is -2.26. The lowest BCUT2D eigenvalue weighted by atomic mass is 10.1. The van der Waals surface area contributed by atoms with Crippen molar-refractivity contribution in [2.75, 3.05) is 23.9 Å². The fraction of sp³-hybridized carbons (Fsp3) is 0.296. The standard InChI is InChI=1S/C27H29Cl2N3O3S/c28-23-15-24(29)17-25(16-23)32(36(34,35)26-10-3-1-4-11-26)20-27(33)30-18-21-8-7-9-22(14-21)19-31-12-5-2-6-13-31/h1,3-4,7-11,14-17H,2,5-6,12-13,18-20H2,(H,30,33). The maximum atomic E-state index is 13.5. The van der Waals surface area contributed by atoms with E-state index < -0.39 is 22.5 Å². The van der Waals surface area contributed by atoms with E-state index in [1.54, 1.807) is 18.2 Å². The molecule has 1 N–H and O–H groups in total. The molecule has 1 fully saturated rings. The molecule has 1 aliphatic rings. The number of likely N-dealkylation sites (tertiary alicyclic amines) is 1. The number of amides is 1. The lowest BCUT2D eigenvalue weighted by molar-refractivity contribution is -0.119. The van der Waals surface area contributed by atoms with Gasteiger partial charge in [0, 0.05) is 23.1 Å². The fourth-order valence-corrected chi connectivity index (χ4v) is 6.26. The van der Waals surface area contributed by atoms with Crippen LogP contribution in [-0.2, 0) is 27.9 Å². The number of hydrogen-bond acceptors (Lipinski definition) is 4. The van der Waals surface area contributed by atoms with E-state index in [0.29, 0.717) is 6.54 Å². The Bertz CT molecular complexity index is 1280. The van der Waals surface area contributed by atoms with Gasteiger partial charge >= 0.3 is 0 Å². The molecule has 3 aromatic rings. The third-order valence-corrected chi connectivity index (χ3v) is 8.31. The summed E-state index contributed by atoms with van der Waals surface area (Å²) in [6.07, 6.45) is 3.76. The van der Waals surface area contributed by atoms with Gasteiger partial charge in [0.1, 0.15) is 6.54 Å². The summed E-state index contributed by atoms with van der Waals surface area (Å²) < 4.78 is 27.9. The molecular formula is C27H29Cl2N3O3S. The molecule has 190 valence electrons. The minimum atomic E-state index is -4.04. The van der Waals surface area contributed by atoms with Crippen LogP contribution >= 0.6 is 23.2 Å². The first kappa shape index (κ1) is 26.5. The summed E-state index contributed by atoms with van der Waals surface area (Å²) >= 11 is 12.3. The van der Waals surface area contributed by atoms with Crippen LogP contribution in [0.2, 0.25) is 10.0 Å². The van der Waals surface area contributed by atoms with E-state index in [1.165, 1.54) is 55.2 Å². The normalized spacial score (nSPS) is 14.4. The van der Waals surface area contributed by atoms with Crippen LogP contribution in [-0.4, -0.2) is 38.9 Å². The Hall–Kier alpha value is -2.58. The Morgan fingerprint density at radius 1 is 0.861 bits per heavy atom. The summed E-state index contributed by atoms with van der Waals surface area (Å²) in [5.74, 6) is -0.438. The SMILES string of the molecule is O=C(CN(c1cc(Cl)cc(Cl)c1)S(=O)(=O)c1ccccc1)NCc1cccc(CN2CCCCC2)c1. The van der Waals surface area contributed by atoms with Gasteiger partial charge in [0.25, 0.3) is 10.0 Å². The molecule has 0 radical (unpaired) electrons. The highest BCUT2D eigenvalue weighted by Gasteiger charge is 2.27. The van der Waals surface area contributed by atoms with Crippen LogP contribution in [0.3, 0.4) is 0 Å². The molecule has 1 aliphatic heterocycles. The summed E-state index contributed by atoms with van der Waals surface area (Å²) in [7, 11) is -4.04. The lowest BCUT2D eigenvalue weighted by Crippen LogP contribution is -2.40. The van der Waals surface area contributed by atoms with Crippen molar-refractivity contribution in [1.29, 1.82) is 0 Å². The van der Waals surface area contributed by atoms with Gasteiger partial charge in [-0.2, -0.15) is 0 Å². The van der Waals surface area contributed by atoms with E-state index in [-0.39, 0.29) is 20.6 Å². The Labute approximate surface area is 222 Å². The first-order valence-electron chi connectivity index (χ1n) is 11.9. The highest BCUT2D eigenvalue weighted by Crippen LogP contribution is 2.29. The zero-order chi connectivity index (χ0) is 25.5. The van der Waals surface area contributed by atoms with Crippen molar-refractivity contribution >= 4 is 44.8 Å². The Morgan fingerprint density at radius 3 is 2.22 bits per heavy atom. The highest BCUT2D eigenvalue weighted by atomic mass is 35.5. The molecule has 1 saturated heterocycles. The predicted molar refractivity (Wildman–Crippen MR) is 145 cm³/mol. The number of nitrogens with one attached hydrogen (secondary N) is 1. The molecule has 0 unspecified atom stereocenters. The highest BCUT2D eigenvalue weighted by molar-refractivity contribution is 7.92. The number of hydrogen-bond donors (Lipinski definition) is 1. The average molecular weight is 547 g/mol. The van der Waals surface area contributed by atoms with Crippen molar-refractivity contribution in [2.24, 2.45) is 0 Å². The minimum Gasteiger partial charge on any atom is -0.350 e. The molecule has 0 bridgehead atoms. The minimum absolute atomic E-state index is 0.0688. The molecule has 36 heavy (non-hydrogen) atoms.